The van der Waals surface area contributed by atoms with Gasteiger partial charge in [-0.1, -0.05) is 5.16 Å². The summed E-state index contributed by atoms with van der Waals surface area (Å²) in [7, 11) is 0. The molecule has 2 rings (SSSR count). The Hall–Kier alpha value is -1.48. The second-order valence-corrected chi connectivity index (χ2v) is 3.95. The van der Waals surface area contributed by atoms with E-state index in [0.29, 0.717) is 0 Å². The molecule has 0 aliphatic carbocycles. The molecule has 0 spiro atoms. The van der Waals surface area contributed by atoms with Crippen molar-refractivity contribution in [3.8, 4) is 11.4 Å². The molecular weight excluding hydrogens is 322 g/mol. The highest BCUT2D eigenvalue weighted by Gasteiger charge is 2.27. The van der Waals surface area contributed by atoms with Gasteiger partial charge in [0.25, 0.3) is 0 Å². The summed E-state index contributed by atoms with van der Waals surface area (Å²) in [5, 5.41) is 3.20. The van der Waals surface area contributed by atoms with Gasteiger partial charge < -0.3 is 10.3 Å². The van der Waals surface area contributed by atoms with E-state index in [9.17, 15) is 17.6 Å². The summed E-state index contributed by atoms with van der Waals surface area (Å²) in [4.78, 5) is 3.50. The number of hydrogen-bond donors (Lipinski definition) is 1. The summed E-state index contributed by atoms with van der Waals surface area (Å²) in [5.41, 5.74) is 4.12. The third-order valence-electron chi connectivity index (χ3n) is 2.08. The van der Waals surface area contributed by atoms with E-state index >= 15 is 0 Å². The van der Waals surface area contributed by atoms with Gasteiger partial charge in [0, 0.05) is 0 Å². The quantitative estimate of drug-likeness (QED) is 0.523. The van der Waals surface area contributed by atoms with Crippen molar-refractivity contribution in [2.75, 3.05) is 0 Å². The summed E-state index contributed by atoms with van der Waals surface area (Å²) in [6, 6.07) is 0. The number of hydrogen-bond acceptors (Lipinski definition) is 4. The monoisotopic (exact) mass is 325 g/mol. The highest BCUT2D eigenvalue weighted by molar-refractivity contribution is 9.10. The third-order valence-corrected chi connectivity index (χ3v) is 2.77. The van der Waals surface area contributed by atoms with Crippen molar-refractivity contribution in [1.82, 2.24) is 10.1 Å². The summed E-state index contributed by atoms with van der Waals surface area (Å²) in [5.74, 6) is -7.13. The van der Waals surface area contributed by atoms with Crippen molar-refractivity contribution in [3.63, 3.8) is 0 Å². The molecule has 0 radical (unpaired) electrons. The lowest BCUT2D eigenvalue weighted by molar-refractivity contribution is 0.379. The molecule has 1 aromatic heterocycles. The maximum absolute atomic E-state index is 13.5. The van der Waals surface area contributed by atoms with Gasteiger partial charge in [0.1, 0.15) is 5.56 Å². The number of nitrogens with two attached hydrogens (primary N) is 1. The molecule has 0 atom stereocenters. The molecule has 0 saturated carbocycles. The Morgan fingerprint density at radius 1 is 1.06 bits per heavy atom. The predicted molar refractivity (Wildman–Crippen MR) is 55.2 cm³/mol. The standard InChI is InChI=1S/C9H4BrF4N3O/c10-4-7(13)5(11)3(6(12)8(4)14)9-16-2(1-15)18-17-9/h1,15H2. The largest absolute Gasteiger partial charge is 0.338 e. The van der Waals surface area contributed by atoms with Gasteiger partial charge in [-0.3, -0.25) is 0 Å². The molecule has 18 heavy (non-hydrogen) atoms. The number of nitrogens with zero attached hydrogens (tertiary/aromatic N) is 2. The van der Waals surface area contributed by atoms with Crippen molar-refractivity contribution in [1.29, 1.82) is 0 Å². The lowest BCUT2D eigenvalue weighted by Gasteiger charge is -2.05. The van der Waals surface area contributed by atoms with E-state index in [2.05, 4.69) is 30.6 Å². The molecule has 0 saturated heterocycles. The Morgan fingerprint density at radius 3 is 2.06 bits per heavy atom. The van der Waals surface area contributed by atoms with Gasteiger partial charge in [-0.05, 0) is 15.9 Å². The molecule has 0 aliphatic heterocycles. The van der Waals surface area contributed by atoms with Gasteiger partial charge in [-0.25, -0.2) is 17.6 Å². The minimum atomic E-state index is -1.62. The minimum absolute atomic E-state index is 0.118. The third kappa shape index (κ3) is 1.89. The van der Waals surface area contributed by atoms with Crippen LogP contribution in [-0.2, 0) is 6.54 Å². The summed E-state index contributed by atoms with van der Waals surface area (Å²) in [6.07, 6.45) is 0. The second-order valence-electron chi connectivity index (χ2n) is 3.16. The predicted octanol–water partition coefficient (Wildman–Crippen LogP) is 2.51. The maximum atomic E-state index is 13.5. The van der Waals surface area contributed by atoms with Crippen LogP contribution in [0.4, 0.5) is 17.6 Å². The summed E-state index contributed by atoms with van der Waals surface area (Å²) >= 11 is 2.39. The molecule has 0 amide bonds. The lowest BCUT2D eigenvalue weighted by atomic mass is 10.1. The second kappa shape index (κ2) is 4.65. The molecule has 9 heteroatoms. The Morgan fingerprint density at radius 2 is 1.61 bits per heavy atom. The Kier molecular flexibility index (Phi) is 3.35. The number of halogens is 5. The Bertz CT molecular complexity index is 587. The van der Waals surface area contributed by atoms with E-state index in [1.165, 1.54) is 0 Å². The maximum Gasteiger partial charge on any atom is 0.240 e. The van der Waals surface area contributed by atoms with Gasteiger partial charge in [0.2, 0.25) is 11.7 Å². The SMILES string of the molecule is NCc1nc(-c2c(F)c(F)c(Br)c(F)c2F)no1. The van der Waals surface area contributed by atoms with Crippen molar-refractivity contribution >= 4 is 15.9 Å². The van der Waals surface area contributed by atoms with Crippen LogP contribution in [0.5, 0.6) is 0 Å². The van der Waals surface area contributed by atoms with Gasteiger partial charge in [0.05, 0.1) is 11.0 Å². The van der Waals surface area contributed by atoms with Crippen molar-refractivity contribution in [3.05, 3.63) is 33.6 Å². The van der Waals surface area contributed by atoms with Crippen LogP contribution in [0.2, 0.25) is 0 Å². The highest BCUT2D eigenvalue weighted by atomic mass is 79.9. The lowest BCUT2D eigenvalue weighted by Crippen LogP contribution is -2.02. The van der Waals surface area contributed by atoms with Gasteiger partial charge in [-0.15, -0.1) is 0 Å². The van der Waals surface area contributed by atoms with Crippen LogP contribution in [0.1, 0.15) is 5.89 Å². The number of aromatic nitrogens is 2. The van der Waals surface area contributed by atoms with Gasteiger partial charge in [0.15, 0.2) is 23.3 Å². The van der Waals surface area contributed by atoms with E-state index in [1.807, 2.05) is 0 Å². The first-order valence-electron chi connectivity index (χ1n) is 4.51. The summed E-state index contributed by atoms with van der Waals surface area (Å²) < 4.78 is 57.2. The number of benzene rings is 1. The van der Waals surface area contributed by atoms with Crippen LogP contribution in [0.25, 0.3) is 11.4 Å². The van der Waals surface area contributed by atoms with Crippen LogP contribution < -0.4 is 5.73 Å². The molecule has 96 valence electrons. The van der Waals surface area contributed by atoms with Gasteiger partial charge in [-0.2, -0.15) is 4.98 Å². The molecule has 2 aromatic rings. The fraction of sp³-hybridized carbons (Fsp3) is 0.111. The molecule has 0 fully saturated rings. The molecule has 0 unspecified atom stereocenters. The first-order chi connectivity index (χ1) is 8.47. The molecule has 2 N–H and O–H groups in total. The van der Waals surface area contributed by atoms with Crippen molar-refractivity contribution in [2.24, 2.45) is 5.73 Å². The minimum Gasteiger partial charge on any atom is -0.338 e. The first kappa shape index (κ1) is 13.0. The number of rotatable bonds is 2. The van der Waals surface area contributed by atoms with E-state index in [4.69, 9.17) is 5.73 Å². The molecular formula is C9H4BrF4N3O. The van der Waals surface area contributed by atoms with Crippen LogP contribution in [-0.4, -0.2) is 10.1 Å². The van der Waals surface area contributed by atoms with Crippen LogP contribution in [0, 0.1) is 23.3 Å². The molecule has 0 aliphatic rings. The molecule has 0 bridgehead atoms. The average Bonchev–Trinajstić information content (AvgIpc) is 2.83. The zero-order valence-corrected chi connectivity index (χ0v) is 10.1. The molecule has 4 nitrogen and oxygen atoms in total. The van der Waals surface area contributed by atoms with Crippen LogP contribution in [0.3, 0.4) is 0 Å². The van der Waals surface area contributed by atoms with E-state index in [0.717, 1.165) is 0 Å². The fourth-order valence-electron chi connectivity index (χ4n) is 1.24. The van der Waals surface area contributed by atoms with E-state index in [-0.39, 0.29) is 12.4 Å². The fourth-order valence-corrected chi connectivity index (χ4v) is 1.59. The first-order valence-corrected chi connectivity index (χ1v) is 5.31. The zero-order chi connectivity index (χ0) is 13.4. The molecule has 1 heterocycles. The van der Waals surface area contributed by atoms with Crippen LogP contribution >= 0.6 is 15.9 Å². The topological polar surface area (TPSA) is 64.9 Å². The van der Waals surface area contributed by atoms with Gasteiger partial charge >= 0.3 is 0 Å². The average molecular weight is 326 g/mol. The summed E-state index contributed by atoms with van der Waals surface area (Å²) in [6.45, 7) is -0.169. The van der Waals surface area contributed by atoms with Crippen molar-refractivity contribution in [2.45, 2.75) is 6.54 Å². The normalized spacial score (nSPS) is 11.0. The Balaban J connectivity index is 2.71. The highest BCUT2D eigenvalue weighted by Crippen LogP contribution is 2.32. The zero-order valence-electron chi connectivity index (χ0n) is 8.48. The van der Waals surface area contributed by atoms with E-state index < -0.39 is 39.1 Å². The Labute approximate surface area is 106 Å². The molecule has 1 aromatic carbocycles. The van der Waals surface area contributed by atoms with Crippen molar-refractivity contribution < 1.29 is 22.1 Å². The smallest absolute Gasteiger partial charge is 0.240 e. The van der Waals surface area contributed by atoms with Crippen LogP contribution in [0.15, 0.2) is 9.00 Å². The van der Waals surface area contributed by atoms with E-state index in [1.54, 1.807) is 0 Å².